The van der Waals surface area contributed by atoms with Gasteiger partial charge in [0, 0.05) is 25.5 Å². The maximum absolute atomic E-state index is 11.4. The molecule has 2 heterocycles. The molecule has 0 atom stereocenters. The number of hydrogen-bond acceptors (Lipinski definition) is 3. The average molecular weight is 219 g/mol. The molecule has 2 rings (SSSR count). The molecule has 5 heteroatoms. The van der Waals surface area contributed by atoms with Gasteiger partial charge in [-0.3, -0.25) is 9.48 Å². The number of aryl methyl sites for hydroxylation is 1. The van der Waals surface area contributed by atoms with Crippen LogP contribution in [0, 0.1) is 0 Å². The summed E-state index contributed by atoms with van der Waals surface area (Å²) >= 11 is 0. The Bertz CT molecular complexity index is 420. The van der Waals surface area contributed by atoms with E-state index in [0.29, 0.717) is 12.3 Å². The lowest BCUT2D eigenvalue weighted by atomic mass is 10.4. The fourth-order valence-corrected chi connectivity index (χ4v) is 1.37. The lowest BCUT2D eigenvalue weighted by Gasteiger charge is -2.03. The third kappa shape index (κ3) is 2.73. The molecule has 0 aliphatic carbocycles. The van der Waals surface area contributed by atoms with Gasteiger partial charge in [-0.15, -0.1) is 0 Å². The summed E-state index contributed by atoms with van der Waals surface area (Å²) in [6, 6.07) is 5.21. The first-order valence-corrected chi connectivity index (χ1v) is 5.15. The number of rotatable bonds is 5. The van der Waals surface area contributed by atoms with Crippen LogP contribution >= 0.6 is 0 Å². The van der Waals surface area contributed by atoms with Crippen LogP contribution in [0.3, 0.4) is 0 Å². The highest BCUT2D eigenvalue weighted by atomic mass is 16.3. The Morgan fingerprint density at radius 1 is 1.50 bits per heavy atom. The van der Waals surface area contributed by atoms with Gasteiger partial charge in [0.2, 0.25) is 0 Å². The van der Waals surface area contributed by atoms with Crippen molar-refractivity contribution < 1.29 is 9.21 Å². The van der Waals surface area contributed by atoms with Crippen molar-refractivity contribution in [3.05, 3.63) is 42.6 Å². The number of carbonyl (C=O) groups is 1. The number of hydrogen-bond donors (Lipinski definition) is 1. The van der Waals surface area contributed by atoms with Gasteiger partial charge in [-0.25, -0.2) is 0 Å². The summed E-state index contributed by atoms with van der Waals surface area (Å²) < 4.78 is 6.80. The molecule has 0 aromatic carbocycles. The molecule has 1 N–H and O–H groups in total. The van der Waals surface area contributed by atoms with E-state index in [-0.39, 0.29) is 5.91 Å². The molecule has 2 aromatic rings. The van der Waals surface area contributed by atoms with Crippen molar-refractivity contribution >= 4 is 5.91 Å². The highest BCUT2D eigenvalue weighted by Gasteiger charge is 2.06. The van der Waals surface area contributed by atoms with Crippen LogP contribution in [0.1, 0.15) is 17.0 Å². The number of carbonyl (C=O) groups excluding carboxylic acids is 1. The summed E-state index contributed by atoms with van der Waals surface area (Å²) in [7, 11) is 0. The zero-order valence-electron chi connectivity index (χ0n) is 8.80. The summed E-state index contributed by atoms with van der Waals surface area (Å²) in [6.07, 6.45) is 5.96. The Hall–Kier alpha value is -2.04. The molecule has 0 fully saturated rings. The van der Waals surface area contributed by atoms with Crippen LogP contribution in [-0.4, -0.2) is 22.2 Å². The Morgan fingerprint density at radius 3 is 3.12 bits per heavy atom. The fourth-order valence-electron chi connectivity index (χ4n) is 1.37. The van der Waals surface area contributed by atoms with Crippen LogP contribution in [-0.2, 0) is 6.54 Å². The Morgan fingerprint density at radius 2 is 2.44 bits per heavy atom. The molecule has 0 saturated heterocycles. The van der Waals surface area contributed by atoms with Gasteiger partial charge in [-0.2, -0.15) is 5.10 Å². The van der Waals surface area contributed by atoms with Crippen LogP contribution in [0.15, 0.2) is 41.3 Å². The molecular weight excluding hydrogens is 206 g/mol. The first kappa shape index (κ1) is 10.5. The third-order valence-corrected chi connectivity index (χ3v) is 2.15. The summed E-state index contributed by atoms with van der Waals surface area (Å²) in [5, 5.41) is 6.84. The van der Waals surface area contributed by atoms with Crippen molar-refractivity contribution in [1.29, 1.82) is 0 Å². The predicted octanol–water partition coefficient (Wildman–Crippen LogP) is 1.30. The first-order valence-electron chi connectivity index (χ1n) is 5.15. The van der Waals surface area contributed by atoms with Crippen molar-refractivity contribution in [2.75, 3.05) is 6.54 Å². The first-order chi connectivity index (χ1) is 7.86. The molecule has 2 aromatic heterocycles. The Labute approximate surface area is 93.1 Å². The molecule has 0 aliphatic heterocycles. The molecule has 1 amide bonds. The van der Waals surface area contributed by atoms with Gasteiger partial charge in [0.05, 0.1) is 6.26 Å². The van der Waals surface area contributed by atoms with Crippen molar-refractivity contribution in [2.24, 2.45) is 0 Å². The van der Waals surface area contributed by atoms with Crippen molar-refractivity contribution in [1.82, 2.24) is 15.1 Å². The minimum absolute atomic E-state index is 0.175. The third-order valence-electron chi connectivity index (χ3n) is 2.15. The molecule has 0 unspecified atom stereocenters. The normalized spacial score (nSPS) is 10.2. The molecule has 0 saturated carbocycles. The zero-order chi connectivity index (χ0) is 11.2. The SMILES string of the molecule is O=C(NCCCn1cccn1)c1ccco1. The smallest absolute Gasteiger partial charge is 0.286 e. The zero-order valence-corrected chi connectivity index (χ0v) is 8.80. The highest BCUT2D eigenvalue weighted by molar-refractivity contribution is 5.91. The largest absolute Gasteiger partial charge is 0.459 e. The van der Waals surface area contributed by atoms with Crippen LogP contribution in [0.25, 0.3) is 0 Å². The Kier molecular flexibility index (Phi) is 3.38. The van der Waals surface area contributed by atoms with Gasteiger partial charge in [0.25, 0.3) is 5.91 Å². The highest BCUT2D eigenvalue weighted by Crippen LogP contribution is 1.99. The summed E-state index contributed by atoms with van der Waals surface area (Å²) in [6.45, 7) is 1.41. The van der Waals surface area contributed by atoms with Crippen LogP contribution in [0.5, 0.6) is 0 Å². The summed E-state index contributed by atoms with van der Waals surface area (Å²) in [5.41, 5.74) is 0. The van der Waals surface area contributed by atoms with Crippen molar-refractivity contribution in [2.45, 2.75) is 13.0 Å². The predicted molar refractivity (Wildman–Crippen MR) is 57.9 cm³/mol. The second kappa shape index (κ2) is 5.16. The van der Waals surface area contributed by atoms with E-state index in [2.05, 4.69) is 10.4 Å². The quantitative estimate of drug-likeness (QED) is 0.771. The van der Waals surface area contributed by atoms with Gasteiger partial charge >= 0.3 is 0 Å². The van der Waals surface area contributed by atoms with E-state index in [1.165, 1.54) is 6.26 Å². The van der Waals surface area contributed by atoms with Gasteiger partial charge in [-0.1, -0.05) is 0 Å². The van der Waals surface area contributed by atoms with E-state index in [0.717, 1.165) is 13.0 Å². The second-order valence-corrected chi connectivity index (χ2v) is 3.36. The molecular formula is C11H13N3O2. The average Bonchev–Trinajstić information content (AvgIpc) is 2.96. The number of nitrogens with zero attached hydrogens (tertiary/aromatic N) is 2. The van der Waals surface area contributed by atoms with Crippen molar-refractivity contribution in [3.8, 4) is 0 Å². The number of amides is 1. The second-order valence-electron chi connectivity index (χ2n) is 3.36. The maximum Gasteiger partial charge on any atom is 0.286 e. The minimum Gasteiger partial charge on any atom is -0.459 e. The van der Waals surface area contributed by atoms with E-state index in [4.69, 9.17) is 4.42 Å². The number of aromatic nitrogens is 2. The van der Waals surface area contributed by atoms with Gasteiger partial charge in [0.1, 0.15) is 0 Å². The lowest BCUT2D eigenvalue weighted by molar-refractivity contribution is 0.0925. The topological polar surface area (TPSA) is 60.1 Å². The van der Waals surface area contributed by atoms with E-state index in [9.17, 15) is 4.79 Å². The van der Waals surface area contributed by atoms with Gasteiger partial charge in [0.15, 0.2) is 5.76 Å². The van der Waals surface area contributed by atoms with E-state index < -0.39 is 0 Å². The van der Waals surface area contributed by atoms with E-state index in [1.54, 1.807) is 18.3 Å². The minimum atomic E-state index is -0.175. The van der Waals surface area contributed by atoms with Crippen LogP contribution in [0.4, 0.5) is 0 Å². The van der Waals surface area contributed by atoms with Crippen LogP contribution < -0.4 is 5.32 Å². The molecule has 0 spiro atoms. The van der Waals surface area contributed by atoms with Crippen molar-refractivity contribution in [3.63, 3.8) is 0 Å². The molecule has 0 radical (unpaired) electrons. The monoisotopic (exact) mass is 219 g/mol. The number of furan rings is 1. The summed E-state index contributed by atoms with van der Waals surface area (Å²) in [4.78, 5) is 11.4. The molecule has 0 aliphatic rings. The summed E-state index contributed by atoms with van der Waals surface area (Å²) in [5.74, 6) is 0.171. The van der Waals surface area contributed by atoms with Gasteiger partial charge in [-0.05, 0) is 24.6 Å². The molecule has 5 nitrogen and oxygen atoms in total. The number of nitrogens with one attached hydrogen (secondary N) is 1. The standard InChI is InChI=1S/C11H13N3O2/c15-11(10-4-1-9-16-10)12-5-2-7-14-8-3-6-13-14/h1,3-4,6,8-9H,2,5,7H2,(H,12,15). The molecule has 16 heavy (non-hydrogen) atoms. The van der Waals surface area contributed by atoms with Gasteiger partial charge < -0.3 is 9.73 Å². The fraction of sp³-hybridized carbons (Fsp3) is 0.273. The van der Waals surface area contributed by atoms with E-state index >= 15 is 0 Å². The Balaban J connectivity index is 1.67. The maximum atomic E-state index is 11.4. The lowest BCUT2D eigenvalue weighted by Crippen LogP contribution is -2.24. The van der Waals surface area contributed by atoms with Crippen LogP contribution in [0.2, 0.25) is 0 Å². The molecule has 0 bridgehead atoms. The van der Waals surface area contributed by atoms with E-state index in [1.807, 2.05) is 16.9 Å². The molecule has 84 valence electrons.